The number of anilines is 1. The minimum absolute atomic E-state index is 0.125. The summed E-state index contributed by atoms with van der Waals surface area (Å²) in [6, 6.07) is 8.11. The van der Waals surface area contributed by atoms with Crippen molar-refractivity contribution in [3.8, 4) is 0 Å². The maximum absolute atomic E-state index is 11.8. The van der Waals surface area contributed by atoms with E-state index in [1.54, 1.807) is 11.8 Å². The number of rotatable bonds is 7. The molecule has 1 rings (SSSR count). The molecule has 1 aromatic carbocycles. The molecule has 0 radical (unpaired) electrons. The van der Waals surface area contributed by atoms with Gasteiger partial charge in [-0.05, 0) is 42.4 Å². The number of carbonyl (C=O) groups is 1. The Balaban J connectivity index is 2.63. The van der Waals surface area contributed by atoms with E-state index in [1.807, 2.05) is 18.2 Å². The average molecular weight is 265 g/mol. The predicted octanol–water partition coefficient (Wildman–Crippen LogP) is 4.28. The minimum atomic E-state index is 0.125. The maximum Gasteiger partial charge on any atom is 0.224 e. The number of thioether (sulfide) groups is 1. The average Bonchev–Trinajstić information content (AvgIpc) is 2.39. The van der Waals surface area contributed by atoms with Crippen molar-refractivity contribution in [2.24, 2.45) is 0 Å². The van der Waals surface area contributed by atoms with Crippen molar-refractivity contribution in [1.82, 2.24) is 0 Å². The molecular formula is C15H23NOS. The fourth-order valence-electron chi connectivity index (χ4n) is 1.85. The van der Waals surface area contributed by atoms with E-state index in [9.17, 15) is 4.79 Å². The van der Waals surface area contributed by atoms with E-state index >= 15 is 0 Å². The summed E-state index contributed by atoms with van der Waals surface area (Å²) in [6.07, 6.45) is 4.70. The molecule has 0 saturated carbocycles. The Hall–Kier alpha value is -0.960. The number of nitrogens with one attached hydrogen (secondary N) is 1. The topological polar surface area (TPSA) is 29.1 Å². The summed E-state index contributed by atoms with van der Waals surface area (Å²) in [5.41, 5.74) is 2.21. The minimum Gasteiger partial charge on any atom is -0.326 e. The van der Waals surface area contributed by atoms with Crippen LogP contribution in [0, 0.1) is 0 Å². The normalized spacial score (nSPS) is 12.2. The van der Waals surface area contributed by atoms with Crippen molar-refractivity contribution in [3.63, 3.8) is 0 Å². The largest absolute Gasteiger partial charge is 0.326 e. The fraction of sp³-hybridized carbons (Fsp3) is 0.533. The van der Waals surface area contributed by atoms with Gasteiger partial charge in [-0.15, -0.1) is 0 Å². The number of para-hydroxylation sites is 1. The van der Waals surface area contributed by atoms with Crippen LogP contribution in [0.5, 0.6) is 0 Å². The first-order valence-corrected chi connectivity index (χ1v) is 7.96. The number of benzene rings is 1. The van der Waals surface area contributed by atoms with Crippen LogP contribution >= 0.6 is 11.8 Å². The lowest BCUT2D eigenvalue weighted by Crippen LogP contribution is -2.13. The second-order valence-corrected chi connectivity index (χ2v) is 5.53. The fourth-order valence-corrected chi connectivity index (χ4v) is 2.28. The van der Waals surface area contributed by atoms with Gasteiger partial charge >= 0.3 is 0 Å². The lowest BCUT2D eigenvalue weighted by Gasteiger charge is -2.15. The molecule has 18 heavy (non-hydrogen) atoms. The molecule has 0 saturated heterocycles. The van der Waals surface area contributed by atoms with Gasteiger partial charge in [0.2, 0.25) is 5.91 Å². The summed E-state index contributed by atoms with van der Waals surface area (Å²) in [7, 11) is 0. The summed E-state index contributed by atoms with van der Waals surface area (Å²) < 4.78 is 0. The molecule has 0 bridgehead atoms. The highest BCUT2D eigenvalue weighted by Crippen LogP contribution is 2.26. The molecule has 2 nitrogen and oxygen atoms in total. The second-order valence-electron chi connectivity index (χ2n) is 4.54. The predicted molar refractivity (Wildman–Crippen MR) is 81.4 cm³/mol. The Kier molecular flexibility index (Phi) is 6.88. The Morgan fingerprint density at radius 2 is 2.11 bits per heavy atom. The molecule has 0 aromatic heterocycles. The van der Waals surface area contributed by atoms with Crippen LogP contribution in [-0.4, -0.2) is 17.9 Å². The Morgan fingerprint density at radius 1 is 1.39 bits per heavy atom. The Bertz CT molecular complexity index is 379. The second kappa shape index (κ2) is 8.20. The molecule has 1 aromatic rings. The first kappa shape index (κ1) is 15.1. The number of hydrogen-bond donors (Lipinski definition) is 1. The monoisotopic (exact) mass is 265 g/mol. The molecule has 0 aliphatic heterocycles. The van der Waals surface area contributed by atoms with E-state index in [0.29, 0.717) is 12.3 Å². The van der Waals surface area contributed by atoms with Gasteiger partial charge in [0.25, 0.3) is 0 Å². The van der Waals surface area contributed by atoms with E-state index < -0.39 is 0 Å². The number of carbonyl (C=O) groups excluding carboxylic acids is 1. The number of hydrogen-bond acceptors (Lipinski definition) is 2. The highest BCUT2D eigenvalue weighted by molar-refractivity contribution is 7.98. The Morgan fingerprint density at radius 3 is 2.78 bits per heavy atom. The molecule has 1 atom stereocenters. The van der Waals surface area contributed by atoms with Crippen LogP contribution in [0.2, 0.25) is 0 Å². The first-order valence-electron chi connectivity index (χ1n) is 6.56. The Labute approximate surface area is 115 Å². The van der Waals surface area contributed by atoms with Crippen molar-refractivity contribution in [1.29, 1.82) is 0 Å². The zero-order valence-electron chi connectivity index (χ0n) is 11.5. The standard InChI is InChI=1S/C15H23NOS/c1-4-12(2)13-8-5-6-9-14(13)16-15(17)10-7-11-18-3/h5-6,8-9,12H,4,7,10-11H2,1-3H3,(H,16,17). The van der Waals surface area contributed by atoms with Gasteiger partial charge in [-0.25, -0.2) is 0 Å². The third-order valence-electron chi connectivity index (χ3n) is 3.13. The molecule has 1 amide bonds. The van der Waals surface area contributed by atoms with Gasteiger partial charge in [0, 0.05) is 12.1 Å². The molecule has 3 heteroatoms. The summed E-state index contributed by atoms with van der Waals surface area (Å²) in [5, 5.41) is 3.04. The smallest absolute Gasteiger partial charge is 0.224 e. The van der Waals surface area contributed by atoms with Crippen molar-refractivity contribution in [2.45, 2.75) is 39.0 Å². The van der Waals surface area contributed by atoms with Gasteiger partial charge in [0.1, 0.15) is 0 Å². The van der Waals surface area contributed by atoms with Crippen LogP contribution in [0.3, 0.4) is 0 Å². The van der Waals surface area contributed by atoms with Crippen LogP contribution in [0.4, 0.5) is 5.69 Å². The van der Waals surface area contributed by atoms with Gasteiger partial charge in [0.05, 0.1) is 0 Å². The van der Waals surface area contributed by atoms with E-state index in [1.165, 1.54) is 5.56 Å². The molecule has 0 heterocycles. The molecular weight excluding hydrogens is 242 g/mol. The van der Waals surface area contributed by atoms with E-state index in [0.717, 1.165) is 24.3 Å². The molecule has 0 aliphatic rings. The van der Waals surface area contributed by atoms with Crippen LogP contribution < -0.4 is 5.32 Å². The molecule has 0 aliphatic carbocycles. The molecule has 100 valence electrons. The SMILES string of the molecule is CCC(C)c1ccccc1NC(=O)CCCSC. The highest BCUT2D eigenvalue weighted by Gasteiger charge is 2.10. The first-order chi connectivity index (χ1) is 8.69. The third-order valence-corrected chi connectivity index (χ3v) is 3.83. The zero-order valence-corrected chi connectivity index (χ0v) is 12.3. The molecule has 0 fully saturated rings. The number of amides is 1. The zero-order chi connectivity index (χ0) is 13.4. The van der Waals surface area contributed by atoms with Crippen molar-refractivity contribution < 1.29 is 4.79 Å². The van der Waals surface area contributed by atoms with Crippen molar-refractivity contribution in [3.05, 3.63) is 29.8 Å². The molecule has 1 N–H and O–H groups in total. The quantitative estimate of drug-likeness (QED) is 0.745. The van der Waals surface area contributed by atoms with E-state index in [-0.39, 0.29) is 5.91 Å². The summed E-state index contributed by atoms with van der Waals surface area (Å²) in [5.74, 6) is 1.65. The van der Waals surface area contributed by atoms with Crippen LogP contribution in [0.1, 0.15) is 44.6 Å². The maximum atomic E-state index is 11.8. The lowest BCUT2D eigenvalue weighted by molar-refractivity contribution is -0.116. The van der Waals surface area contributed by atoms with Crippen LogP contribution in [-0.2, 0) is 4.79 Å². The highest BCUT2D eigenvalue weighted by atomic mass is 32.2. The van der Waals surface area contributed by atoms with Gasteiger partial charge in [-0.2, -0.15) is 11.8 Å². The van der Waals surface area contributed by atoms with Gasteiger partial charge in [-0.3, -0.25) is 4.79 Å². The van der Waals surface area contributed by atoms with Crippen LogP contribution in [0.15, 0.2) is 24.3 Å². The van der Waals surface area contributed by atoms with Gasteiger partial charge in [-0.1, -0.05) is 32.0 Å². The summed E-state index contributed by atoms with van der Waals surface area (Å²) >= 11 is 1.78. The van der Waals surface area contributed by atoms with Gasteiger partial charge < -0.3 is 5.32 Å². The van der Waals surface area contributed by atoms with Gasteiger partial charge in [0.15, 0.2) is 0 Å². The lowest BCUT2D eigenvalue weighted by atomic mass is 9.97. The molecule has 1 unspecified atom stereocenters. The van der Waals surface area contributed by atoms with E-state index in [4.69, 9.17) is 0 Å². The van der Waals surface area contributed by atoms with Crippen LogP contribution in [0.25, 0.3) is 0 Å². The third kappa shape index (κ3) is 4.73. The van der Waals surface area contributed by atoms with Crippen molar-refractivity contribution >= 4 is 23.4 Å². The van der Waals surface area contributed by atoms with Crippen molar-refractivity contribution in [2.75, 3.05) is 17.3 Å². The molecule has 0 spiro atoms. The summed E-state index contributed by atoms with van der Waals surface area (Å²) in [6.45, 7) is 4.36. The summed E-state index contributed by atoms with van der Waals surface area (Å²) in [4.78, 5) is 11.8. The van der Waals surface area contributed by atoms with E-state index in [2.05, 4.69) is 31.5 Å².